The second-order valence-electron chi connectivity index (χ2n) is 3.36. The molecule has 16 heavy (non-hydrogen) atoms. The number of hydrogen-bond acceptors (Lipinski definition) is 2. The molecule has 5 heteroatoms. The molecule has 0 fully saturated rings. The van der Waals surface area contributed by atoms with Crippen LogP contribution in [0.1, 0.15) is 29.6 Å². The normalized spacial score (nSPS) is 10.1. The number of rotatable bonds is 6. The monoisotopic (exact) mass is 304 g/mol. The lowest BCUT2D eigenvalue weighted by atomic mass is 10.2. The van der Waals surface area contributed by atoms with Gasteiger partial charge in [-0.2, -0.15) is 0 Å². The van der Waals surface area contributed by atoms with Gasteiger partial charge in [-0.25, -0.2) is 0 Å². The van der Waals surface area contributed by atoms with Gasteiger partial charge in [0.05, 0.1) is 10.6 Å². The SMILES string of the molecule is O=C(NCCCCCBr)c1ccncc1Cl. The summed E-state index contributed by atoms with van der Waals surface area (Å²) in [4.78, 5) is 15.5. The molecule has 0 aliphatic rings. The zero-order chi connectivity index (χ0) is 11.8. The molecule has 0 bridgehead atoms. The van der Waals surface area contributed by atoms with Gasteiger partial charge in [0.2, 0.25) is 0 Å². The predicted molar refractivity (Wildman–Crippen MR) is 69.2 cm³/mol. The maximum Gasteiger partial charge on any atom is 0.252 e. The van der Waals surface area contributed by atoms with Gasteiger partial charge in [0.1, 0.15) is 0 Å². The van der Waals surface area contributed by atoms with E-state index >= 15 is 0 Å². The van der Waals surface area contributed by atoms with E-state index < -0.39 is 0 Å². The Kier molecular flexibility index (Phi) is 6.42. The van der Waals surface area contributed by atoms with Gasteiger partial charge in [0, 0.05) is 24.3 Å². The van der Waals surface area contributed by atoms with Gasteiger partial charge in [-0.15, -0.1) is 0 Å². The predicted octanol–water partition coefficient (Wildman–Crippen LogP) is 3.03. The molecule has 0 aliphatic heterocycles. The average molecular weight is 306 g/mol. The number of unbranched alkanes of at least 4 members (excludes halogenated alkanes) is 2. The summed E-state index contributed by atoms with van der Waals surface area (Å²) in [5.74, 6) is -0.133. The number of nitrogens with zero attached hydrogens (tertiary/aromatic N) is 1. The van der Waals surface area contributed by atoms with Crippen LogP contribution in [-0.4, -0.2) is 22.8 Å². The maximum absolute atomic E-state index is 11.7. The third kappa shape index (κ3) is 4.49. The summed E-state index contributed by atoms with van der Waals surface area (Å²) in [5.41, 5.74) is 0.483. The molecule has 88 valence electrons. The Morgan fingerprint density at radius 3 is 2.94 bits per heavy atom. The number of nitrogens with one attached hydrogen (secondary N) is 1. The first-order valence-electron chi connectivity index (χ1n) is 5.19. The molecular formula is C11H14BrClN2O. The summed E-state index contributed by atoms with van der Waals surface area (Å²) >= 11 is 9.22. The van der Waals surface area contributed by atoms with Crippen molar-refractivity contribution in [3.63, 3.8) is 0 Å². The maximum atomic E-state index is 11.7. The van der Waals surface area contributed by atoms with Gasteiger partial charge in [-0.3, -0.25) is 9.78 Å². The number of carbonyl (C=O) groups excluding carboxylic acids is 1. The van der Waals surface area contributed by atoms with Crippen LogP contribution in [0.25, 0.3) is 0 Å². The van der Waals surface area contributed by atoms with Crippen molar-refractivity contribution < 1.29 is 4.79 Å². The minimum Gasteiger partial charge on any atom is -0.352 e. The smallest absolute Gasteiger partial charge is 0.252 e. The standard InChI is InChI=1S/C11H14BrClN2O/c12-5-2-1-3-6-15-11(16)9-4-7-14-8-10(9)13/h4,7-8H,1-3,5-6H2,(H,15,16). The van der Waals surface area contributed by atoms with Crippen LogP contribution in [0.3, 0.4) is 0 Å². The second-order valence-corrected chi connectivity index (χ2v) is 4.56. The minimum atomic E-state index is -0.133. The Labute approximate surface area is 109 Å². The molecule has 1 heterocycles. The highest BCUT2D eigenvalue weighted by atomic mass is 79.9. The van der Waals surface area contributed by atoms with E-state index in [2.05, 4.69) is 26.2 Å². The van der Waals surface area contributed by atoms with Crippen molar-refractivity contribution in [1.82, 2.24) is 10.3 Å². The lowest BCUT2D eigenvalue weighted by Crippen LogP contribution is -2.24. The summed E-state index contributed by atoms with van der Waals surface area (Å²) in [6.45, 7) is 0.685. The number of aromatic nitrogens is 1. The highest BCUT2D eigenvalue weighted by molar-refractivity contribution is 9.09. The molecule has 0 saturated carbocycles. The lowest BCUT2D eigenvalue weighted by Gasteiger charge is -2.05. The Morgan fingerprint density at radius 1 is 1.44 bits per heavy atom. The number of amides is 1. The van der Waals surface area contributed by atoms with Crippen LogP contribution in [-0.2, 0) is 0 Å². The molecular weight excluding hydrogens is 291 g/mol. The summed E-state index contributed by atoms with van der Waals surface area (Å²) in [5, 5.41) is 4.23. The fraction of sp³-hybridized carbons (Fsp3) is 0.455. The van der Waals surface area contributed by atoms with Crippen LogP contribution < -0.4 is 5.32 Å². The molecule has 0 aromatic carbocycles. The summed E-state index contributed by atoms with van der Waals surface area (Å²) < 4.78 is 0. The Morgan fingerprint density at radius 2 is 2.25 bits per heavy atom. The van der Waals surface area contributed by atoms with Crippen molar-refractivity contribution >= 4 is 33.4 Å². The van der Waals surface area contributed by atoms with E-state index in [1.54, 1.807) is 12.3 Å². The first-order chi connectivity index (χ1) is 7.75. The van der Waals surface area contributed by atoms with Crippen molar-refractivity contribution in [3.8, 4) is 0 Å². The van der Waals surface area contributed by atoms with E-state index in [0.29, 0.717) is 17.1 Å². The zero-order valence-corrected chi connectivity index (χ0v) is 11.2. The van der Waals surface area contributed by atoms with Crippen LogP contribution >= 0.6 is 27.5 Å². The van der Waals surface area contributed by atoms with Gasteiger partial charge in [-0.05, 0) is 18.9 Å². The Bertz CT molecular complexity index is 347. The van der Waals surface area contributed by atoms with Crippen LogP contribution in [0.4, 0.5) is 0 Å². The number of halogens is 2. The molecule has 0 saturated heterocycles. The molecule has 1 N–H and O–H groups in total. The zero-order valence-electron chi connectivity index (χ0n) is 8.88. The van der Waals surface area contributed by atoms with Crippen LogP contribution in [0.2, 0.25) is 5.02 Å². The van der Waals surface area contributed by atoms with Gasteiger partial charge in [-0.1, -0.05) is 34.0 Å². The topological polar surface area (TPSA) is 42.0 Å². The molecule has 0 spiro atoms. The van der Waals surface area contributed by atoms with E-state index in [1.807, 2.05) is 0 Å². The van der Waals surface area contributed by atoms with E-state index in [4.69, 9.17) is 11.6 Å². The Hall–Kier alpha value is -0.610. The fourth-order valence-corrected chi connectivity index (χ4v) is 1.85. The lowest BCUT2D eigenvalue weighted by molar-refractivity contribution is 0.0953. The van der Waals surface area contributed by atoms with E-state index in [1.165, 1.54) is 6.20 Å². The molecule has 0 atom stereocenters. The van der Waals surface area contributed by atoms with Crippen LogP contribution in [0.5, 0.6) is 0 Å². The van der Waals surface area contributed by atoms with E-state index in [-0.39, 0.29) is 5.91 Å². The summed E-state index contributed by atoms with van der Waals surface area (Å²) in [6.07, 6.45) is 6.26. The number of pyridine rings is 1. The second kappa shape index (κ2) is 7.63. The molecule has 1 aromatic heterocycles. The molecule has 1 amide bonds. The molecule has 3 nitrogen and oxygen atoms in total. The van der Waals surface area contributed by atoms with E-state index in [9.17, 15) is 4.79 Å². The molecule has 1 aromatic rings. The first kappa shape index (κ1) is 13.5. The number of carbonyl (C=O) groups is 1. The molecule has 0 radical (unpaired) electrons. The molecule has 0 aliphatic carbocycles. The molecule has 0 unspecified atom stereocenters. The fourth-order valence-electron chi connectivity index (χ4n) is 1.25. The van der Waals surface area contributed by atoms with Crippen LogP contribution in [0.15, 0.2) is 18.5 Å². The van der Waals surface area contributed by atoms with Gasteiger partial charge >= 0.3 is 0 Å². The summed E-state index contributed by atoms with van der Waals surface area (Å²) in [6, 6.07) is 1.62. The van der Waals surface area contributed by atoms with Crippen molar-refractivity contribution in [2.75, 3.05) is 11.9 Å². The third-order valence-electron chi connectivity index (χ3n) is 2.11. The number of hydrogen-bond donors (Lipinski definition) is 1. The van der Waals surface area contributed by atoms with Gasteiger partial charge in [0.25, 0.3) is 5.91 Å². The summed E-state index contributed by atoms with van der Waals surface area (Å²) in [7, 11) is 0. The van der Waals surface area contributed by atoms with Crippen molar-refractivity contribution in [2.24, 2.45) is 0 Å². The Balaban J connectivity index is 2.33. The van der Waals surface area contributed by atoms with Gasteiger partial charge < -0.3 is 5.32 Å². The highest BCUT2D eigenvalue weighted by Gasteiger charge is 2.08. The quantitative estimate of drug-likeness (QED) is 0.648. The average Bonchev–Trinajstić information content (AvgIpc) is 2.29. The minimum absolute atomic E-state index is 0.133. The third-order valence-corrected chi connectivity index (χ3v) is 2.97. The van der Waals surface area contributed by atoms with E-state index in [0.717, 1.165) is 24.6 Å². The van der Waals surface area contributed by atoms with Crippen molar-refractivity contribution in [3.05, 3.63) is 29.0 Å². The first-order valence-corrected chi connectivity index (χ1v) is 6.69. The number of alkyl halides is 1. The van der Waals surface area contributed by atoms with Crippen molar-refractivity contribution in [1.29, 1.82) is 0 Å². The highest BCUT2D eigenvalue weighted by Crippen LogP contribution is 2.12. The van der Waals surface area contributed by atoms with Crippen molar-refractivity contribution in [2.45, 2.75) is 19.3 Å². The largest absolute Gasteiger partial charge is 0.352 e. The molecule has 1 rings (SSSR count). The van der Waals surface area contributed by atoms with Crippen LogP contribution in [0, 0.1) is 0 Å². The van der Waals surface area contributed by atoms with Gasteiger partial charge in [0.15, 0.2) is 0 Å².